The second-order valence-electron chi connectivity index (χ2n) is 3.56. The number of hydrogen-bond donors (Lipinski definition) is 1. The molecule has 0 saturated heterocycles. The predicted molar refractivity (Wildman–Crippen MR) is 60.9 cm³/mol. The summed E-state index contributed by atoms with van der Waals surface area (Å²) in [6, 6.07) is 7.16. The molecule has 1 aromatic rings. The van der Waals surface area contributed by atoms with Crippen LogP contribution in [0.3, 0.4) is 0 Å². The molecular weight excluding hydrogens is 220 g/mol. The van der Waals surface area contributed by atoms with Crippen molar-refractivity contribution in [3.8, 4) is 17.6 Å². The van der Waals surface area contributed by atoms with Crippen molar-refractivity contribution in [2.24, 2.45) is 0 Å². The summed E-state index contributed by atoms with van der Waals surface area (Å²) in [6.45, 7) is 1.06. The molecule has 1 heterocycles. The molecule has 0 aromatic heterocycles. The van der Waals surface area contributed by atoms with Gasteiger partial charge in [0.05, 0.1) is 6.07 Å². The molecule has 5 heteroatoms. The number of rotatable bonds is 3. The normalized spacial score (nSPS) is 12.6. The molecule has 1 amide bonds. The maximum atomic E-state index is 11.4. The van der Waals surface area contributed by atoms with Crippen molar-refractivity contribution >= 4 is 11.6 Å². The first kappa shape index (κ1) is 11.3. The molecule has 0 spiro atoms. The molecule has 0 saturated carbocycles. The number of fused-ring (bicyclic) bond motifs is 1. The lowest BCUT2D eigenvalue weighted by Crippen LogP contribution is -2.16. The Morgan fingerprint density at radius 2 is 2.12 bits per heavy atom. The number of benzene rings is 1. The van der Waals surface area contributed by atoms with Gasteiger partial charge in [-0.1, -0.05) is 0 Å². The molecule has 0 bridgehead atoms. The van der Waals surface area contributed by atoms with Crippen molar-refractivity contribution < 1.29 is 14.3 Å². The van der Waals surface area contributed by atoms with Crippen LogP contribution < -0.4 is 14.8 Å². The van der Waals surface area contributed by atoms with E-state index >= 15 is 0 Å². The zero-order chi connectivity index (χ0) is 12.1. The van der Waals surface area contributed by atoms with Crippen LogP contribution in [0.4, 0.5) is 5.69 Å². The fourth-order valence-electron chi connectivity index (χ4n) is 1.51. The van der Waals surface area contributed by atoms with Crippen LogP contribution in [0.5, 0.6) is 11.5 Å². The van der Waals surface area contributed by atoms with Crippen molar-refractivity contribution in [2.45, 2.75) is 12.8 Å². The fourth-order valence-corrected chi connectivity index (χ4v) is 1.51. The molecule has 1 aliphatic rings. The van der Waals surface area contributed by atoms with Crippen LogP contribution in [0.1, 0.15) is 12.8 Å². The van der Waals surface area contributed by atoms with E-state index in [1.807, 2.05) is 6.07 Å². The van der Waals surface area contributed by atoms with Crippen LogP contribution in [0.2, 0.25) is 0 Å². The molecule has 2 rings (SSSR count). The van der Waals surface area contributed by atoms with Gasteiger partial charge >= 0.3 is 0 Å². The highest BCUT2D eigenvalue weighted by atomic mass is 16.6. The van der Waals surface area contributed by atoms with Crippen LogP contribution in [0.15, 0.2) is 18.2 Å². The number of nitriles is 1. The second kappa shape index (κ2) is 5.21. The van der Waals surface area contributed by atoms with Gasteiger partial charge in [0.15, 0.2) is 11.5 Å². The number of nitrogens with one attached hydrogen (secondary N) is 1. The average Bonchev–Trinajstić information content (AvgIpc) is 2.36. The third-order valence-electron chi connectivity index (χ3n) is 2.29. The molecule has 1 aromatic carbocycles. The lowest BCUT2D eigenvalue weighted by Gasteiger charge is -2.18. The van der Waals surface area contributed by atoms with Gasteiger partial charge in [0.25, 0.3) is 0 Å². The van der Waals surface area contributed by atoms with E-state index in [9.17, 15) is 4.79 Å². The fraction of sp³-hybridized carbons (Fsp3) is 0.333. The van der Waals surface area contributed by atoms with E-state index < -0.39 is 0 Å². The van der Waals surface area contributed by atoms with Gasteiger partial charge in [0.2, 0.25) is 5.91 Å². The Bertz CT molecular complexity index is 465. The largest absolute Gasteiger partial charge is 0.486 e. The zero-order valence-corrected chi connectivity index (χ0v) is 9.23. The minimum atomic E-state index is -0.178. The van der Waals surface area contributed by atoms with E-state index in [1.165, 1.54) is 0 Å². The number of carbonyl (C=O) groups is 1. The van der Waals surface area contributed by atoms with E-state index in [1.54, 1.807) is 18.2 Å². The maximum absolute atomic E-state index is 11.4. The summed E-state index contributed by atoms with van der Waals surface area (Å²) in [5, 5.41) is 11.1. The lowest BCUT2D eigenvalue weighted by molar-refractivity contribution is -0.116. The van der Waals surface area contributed by atoms with Crippen LogP contribution in [-0.2, 0) is 4.79 Å². The Kier molecular flexibility index (Phi) is 3.46. The first-order chi connectivity index (χ1) is 8.29. The highest BCUT2D eigenvalue weighted by molar-refractivity contribution is 5.91. The van der Waals surface area contributed by atoms with Crippen LogP contribution >= 0.6 is 0 Å². The number of carbonyl (C=O) groups excluding carboxylic acids is 1. The first-order valence-electron chi connectivity index (χ1n) is 5.36. The Morgan fingerprint density at radius 3 is 2.88 bits per heavy atom. The Balaban J connectivity index is 2.02. The van der Waals surface area contributed by atoms with E-state index in [2.05, 4.69) is 5.32 Å². The number of ether oxygens (including phenoxy) is 2. The van der Waals surface area contributed by atoms with E-state index in [4.69, 9.17) is 14.7 Å². The van der Waals surface area contributed by atoms with Crippen molar-refractivity contribution in [1.29, 1.82) is 5.26 Å². The van der Waals surface area contributed by atoms with Gasteiger partial charge in [-0.05, 0) is 12.1 Å². The quantitative estimate of drug-likeness (QED) is 0.860. The summed E-state index contributed by atoms with van der Waals surface area (Å²) in [5.74, 6) is 1.14. The molecule has 0 atom stereocenters. The van der Waals surface area contributed by atoms with Gasteiger partial charge in [-0.3, -0.25) is 4.79 Å². The summed E-state index contributed by atoms with van der Waals surface area (Å²) in [7, 11) is 0. The lowest BCUT2D eigenvalue weighted by atomic mass is 10.2. The van der Waals surface area contributed by atoms with E-state index in [-0.39, 0.29) is 18.7 Å². The first-order valence-corrected chi connectivity index (χ1v) is 5.36. The highest BCUT2D eigenvalue weighted by Crippen LogP contribution is 2.32. The van der Waals surface area contributed by atoms with Crippen LogP contribution in [0, 0.1) is 11.3 Å². The number of anilines is 1. The smallest absolute Gasteiger partial charge is 0.225 e. The summed E-state index contributed by atoms with van der Waals surface area (Å²) < 4.78 is 10.8. The Hall–Kier alpha value is -2.22. The van der Waals surface area contributed by atoms with Gasteiger partial charge in [-0.15, -0.1) is 0 Å². The van der Waals surface area contributed by atoms with Gasteiger partial charge in [-0.2, -0.15) is 5.26 Å². The minimum Gasteiger partial charge on any atom is -0.486 e. The maximum Gasteiger partial charge on any atom is 0.225 e. The molecule has 1 aliphatic heterocycles. The van der Waals surface area contributed by atoms with Gasteiger partial charge in [-0.25, -0.2) is 0 Å². The molecule has 0 radical (unpaired) electrons. The molecule has 88 valence electrons. The standard InChI is InChI=1S/C12H12N2O3/c13-5-1-2-12(15)14-9-3-4-10-11(8-9)17-7-6-16-10/h3-4,8H,1-2,6-7H2,(H,14,15). The van der Waals surface area contributed by atoms with Crippen LogP contribution in [0.25, 0.3) is 0 Å². The average molecular weight is 232 g/mol. The molecule has 1 N–H and O–H groups in total. The summed E-state index contributed by atoms with van der Waals surface area (Å²) in [5.41, 5.74) is 0.650. The van der Waals surface area contributed by atoms with Gasteiger partial charge in [0, 0.05) is 24.6 Å². The van der Waals surface area contributed by atoms with Crippen molar-refractivity contribution in [3.05, 3.63) is 18.2 Å². The zero-order valence-electron chi connectivity index (χ0n) is 9.23. The van der Waals surface area contributed by atoms with Crippen molar-refractivity contribution in [1.82, 2.24) is 0 Å². The highest BCUT2D eigenvalue weighted by Gasteiger charge is 2.12. The van der Waals surface area contributed by atoms with Gasteiger partial charge < -0.3 is 14.8 Å². The topological polar surface area (TPSA) is 71.4 Å². The van der Waals surface area contributed by atoms with Gasteiger partial charge in [0.1, 0.15) is 13.2 Å². The molecule has 5 nitrogen and oxygen atoms in total. The monoisotopic (exact) mass is 232 g/mol. The third-order valence-corrected chi connectivity index (χ3v) is 2.29. The minimum absolute atomic E-state index is 0.178. The molecular formula is C12H12N2O3. The molecule has 0 fully saturated rings. The number of hydrogen-bond acceptors (Lipinski definition) is 4. The summed E-state index contributed by atoms with van der Waals surface area (Å²) in [6.07, 6.45) is 0.418. The van der Waals surface area contributed by atoms with Crippen molar-refractivity contribution in [2.75, 3.05) is 18.5 Å². The van der Waals surface area contributed by atoms with Crippen molar-refractivity contribution in [3.63, 3.8) is 0 Å². The Morgan fingerprint density at radius 1 is 1.35 bits per heavy atom. The third kappa shape index (κ3) is 2.88. The van der Waals surface area contributed by atoms with Crippen LogP contribution in [-0.4, -0.2) is 19.1 Å². The van der Waals surface area contributed by atoms with E-state index in [0.717, 1.165) is 0 Å². The molecule has 17 heavy (non-hydrogen) atoms. The number of nitrogens with zero attached hydrogens (tertiary/aromatic N) is 1. The Labute approximate surface area is 98.9 Å². The molecule has 0 unspecified atom stereocenters. The summed E-state index contributed by atoms with van der Waals surface area (Å²) >= 11 is 0. The second-order valence-corrected chi connectivity index (χ2v) is 3.56. The molecule has 0 aliphatic carbocycles. The predicted octanol–water partition coefficient (Wildman–Crippen LogP) is 1.70. The SMILES string of the molecule is N#CCCC(=O)Nc1ccc2c(c1)OCCO2. The summed E-state index contributed by atoms with van der Waals surface area (Å²) in [4.78, 5) is 11.4. The number of amides is 1. The van der Waals surface area contributed by atoms with E-state index in [0.29, 0.717) is 30.4 Å².